The van der Waals surface area contributed by atoms with Gasteiger partial charge in [0.25, 0.3) is 5.91 Å². The van der Waals surface area contributed by atoms with Crippen molar-refractivity contribution < 1.29 is 23.7 Å². The van der Waals surface area contributed by atoms with E-state index in [4.69, 9.17) is 18.9 Å². The SMILES string of the molecule is Cc1ccc(CO[C@@H]2C[C@](OCc3ccccc3)(C(=O)NC(C)C)C[C@H]3OC(C)(C)O[C@@H]23)cc1. The van der Waals surface area contributed by atoms with Crippen molar-refractivity contribution in [3.05, 3.63) is 71.3 Å². The van der Waals surface area contributed by atoms with Crippen LogP contribution in [0.4, 0.5) is 0 Å². The van der Waals surface area contributed by atoms with Crippen LogP contribution in [-0.4, -0.2) is 41.6 Å². The molecule has 1 saturated heterocycles. The Hall–Kier alpha value is -2.25. The van der Waals surface area contributed by atoms with E-state index in [9.17, 15) is 4.79 Å². The van der Waals surface area contributed by atoms with Gasteiger partial charge in [0.2, 0.25) is 0 Å². The zero-order chi connectivity index (χ0) is 24.3. The molecule has 2 fully saturated rings. The fraction of sp³-hybridized carbons (Fsp3) is 0.536. The summed E-state index contributed by atoms with van der Waals surface area (Å²) in [4.78, 5) is 13.6. The fourth-order valence-corrected chi connectivity index (χ4v) is 4.79. The van der Waals surface area contributed by atoms with Crippen molar-refractivity contribution in [1.82, 2.24) is 5.32 Å². The Labute approximate surface area is 202 Å². The molecule has 0 aromatic heterocycles. The minimum Gasteiger partial charge on any atom is -0.371 e. The van der Waals surface area contributed by atoms with E-state index in [0.717, 1.165) is 11.1 Å². The molecule has 0 radical (unpaired) electrons. The number of fused-ring (bicyclic) bond motifs is 1. The molecule has 0 spiro atoms. The highest BCUT2D eigenvalue weighted by Gasteiger charge is 2.58. The molecule has 34 heavy (non-hydrogen) atoms. The van der Waals surface area contributed by atoms with Crippen LogP contribution in [0.5, 0.6) is 0 Å². The van der Waals surface area contributed by atoms with E-state index >= 15 is 0 Å². The van der Waals surface area contributed by atoms with Crippen molar-refractivity contribution in [3.63, 3.8) is 0 Å². The van der Waals surface area contributed by atoms with Crippen molar-refractivity contribution in [3.8, 4) is 0 Å². The predicted octanol–water partition coefficient (Wildman–Crippen LogP) is 4.67. The van der Waals surface area contributed by atoms with Crippen LogP contribution >= 0.6 is 0 Å². The van der Waals surface area contributed by atoms with Crippen LogP contribution in [0.15, 0.2) is 54.6 Å². The maximum absolute atomic E-state index is 13.6. The first-order chi connectivity index (χ1) is 16.2. The molecule has 2 aromatic carbocycles. The fourth-order valence-electron chi connectivity index (χ4n) is 4.79. The summed E-state index contributed by atoms with van der Waals surface area (Å²) >= 11 is 0. The van der Waals surface area contributed by atoms with Crippen LogP contribution < -0.4 is 5.32 Å². The average molecular weight is 468 g/mol. The molecular formula is C28H37NO5. The molecule has 1 amide bonds. The summed E-state index contributed by atoms with van der Waals surface area (Å²) in [7, 11) is 0. The van der Waals surface area contributed by atoms with Crippen LogP contribution in [0.1, 0.15) is 57.2 Å². The smallest absolute Gasteiger partial charge is 0.252 e. The molecule has 0 bridgehead atoms. The maximum Gasteiger partial charge on any atom is 0.252 e. The molecule has 184 valence electrons. The zero-order valence-corrected chi connectivity index (χ0v) is 20.9. The van der Waals surface area contributed by atoms with Gasteiger partial charge in [0.15, 0.2) is 11.4 Å². The van der Waals surface area contributed by atoms with Gasteiger partial charge in [-0.05, 0) is 45.7 Å². The average Bonchev–Trinajstić information content (AvgIpc) is 3.11. The minimum absolute atomic E-state index is 0.00784. The molecular weight excluding hydrogens is 430 g/mol. The number of carbonyl (C=O) groups excluding carboxylic acids is 1. The van der Waals surface area contributed by atoms with Gasteiger partial charge >= 0.3 is 0 Å². The molecule has 1 aliphatic heterocycles. The van der Waals surface area contributed by atoms with Gasteiger partial charge in [-0.15, -0.1) is 0 Å². The van der Waals surface area contributed by atoms with Crippen LogP contribution in [-0.2, 0) is 37.0 Å². The van der Waals surface area contributed by atoms with Gasteiger partial charge in [0, 0.05) is 18.9 Å². The number of hydrogen-bond donors (Lipinski definition) is 1. The second-order valence-electron chi connectivity index (χ2n) is 10.3. The first kappa shape index (κ1) is 24.9. The third kappa shape index (κ3) is 5.87. The van der Waals surface area contributed by atoms with Crippen molar-refractivity contribution in [2.24, 2.45) is 0 Å². The lowest BCUT2D eigenvalue weighted by Crippen LogP contribution is -2.60. The molecule has 4 atom stereocenters. The van der Waals surface area contributed by atoms with E-state index < -0.39 is 11.4 Å². The number of amides is 1. The Bertz CT molecular complexity index is 959. The normalized spacial score (nSPS) is 28.0. The lowest BCUT2D eigenvalue weighted by molar-refractivity contribution is -0.183. The van der Waals surface area contributed by atoms with Crippen molar-refractivity contribution in [1.29, 1.82) is 0 Å². The second-order valence-corrected chi connectivity index (χ2v) is 10.3. The molecule has 4 rings (SSSR count). The first-order valence-corrected chi connectivity index (χ1v) is 12.2. The Morgan fingerprint density at radius 3 is 2.35 bits per heavy atom. The van der Waals surface area contributed by atoms with E-state index in [2.05, 4.69) is 36.5 Å². The van der Waals surface area contributed by atoms with Crippen LogP contribution in [0.25, 0.3) is 0 Å². The number of ether oxygens (including phenoxy) is 4. The third-order valence-electron chi connectivity index (χ3n) is 6.43. The Morgan fingerprint density at radius 2 is 1.68 bits per heavy atom. The summed E-state index contributed by atoms with van der Waals surface area (Å²) < 4.78 is 25.4. The number of hydrogen-bond acceptors (Lipinski definition) is 5. The molecule has 6 nitrogen and oxygen atoms in total. The van der Waals surface area contributed by atoms with Crippen LogP contribution in [0.2, 0.25) is 0 Å². The highest BCUT2D eigenvalue weighted by Crippen LogP contribution is 2.44. The number of aryl methyl sites for hydroxylation is 1. The van der Waals surface area contributed by atoms with E-state index in [-0.39, 0.29) is 30.3 Å². The van der Waals surface area contributed by atoms with Gasteiger partial charge < -0.3 is 24.3 Å². The van der Waals surface area contributed by atoms with Gasteiger partial charge in [-0.3, -0.25) is 4.79 Å². The first-order valence-electron chi connectivity index (χ1n) is 12.2. The Balaban J connectivity index is 1.59. The molecule has 0 unspecified atom stereocenters. The summed E-state index contributed by atoms with van der Waals surface area (Å²) in [6.07, 6.45) is -0.112. The highest BCUT2D eigenvalue weighted by molar-refractivity contribution is 5.85. The Kier molecular flexibility index (Phi) is 7.43. The van der Waals surface area contributed by atoms with Crippen LogP contribution in [0.3, 0.4) is 0 Å². The molecule has 2 aliphatic rings. The second kappa shape index (κ2) is 10.2. The highest BCUT2D eigenvalue weighted by atomic mass is 16.8. The van der Waals surface area contributed by atoms with Crippen molar-refractivity contribution >= 4 is 5.91 Å². The molecule has 1 N–H and O–H groups in total. The number of rotatable bonds is 8. The van der Waals surface area contributed by atoms with Gasteiger partial charge in [-0.2, -0.15) is 0 Å². The van der Waals surface area contributed by atoms with Gasteiger partial charge in [-0.1, -0.05) is 60.2 Å². The van der Waals surface area contributed by atoms with Gasteiger partial charge in [0.05, 0.1) is 25.4 Å². The predicted molar refractivity (Wildman–Crippen MR) is 130 cm³/mol. The summed E-state index contributed by atoms with van der Waals surface area (Å²) in [6.45, 7) is 10.5. The van der Waals surface area contributed by atoms with E-state index in [1.807, 2.05) is 58.0 Å². The Morgan fingerprint density at radius 1 is 1.00 bits per heavy atom. The van der Waals surface area contributed by atoms with Gasteiger partial charge in [0.1, 0.15) is 6.10 Å². The summed E-state index contributed by atoms with van der Waals surface area (Å²) in [6, 6.07) is 18.2. The van der Waals surface area contributed by atoms with Crippen LogP contribution in [0, 0.1) is 6.92 Å². The lowest BCUT2D eigenvalue weighted by Gasteiger charge is -2.43. The van der Waals surface area contributed by atoms with E-state index in [1.165, 1.54) is 5.56 Å². The molecule has 2 aromatic rings. The topological polar surface area (TPSA) is 66.0 Å². The third-order valence-corrected chi connectivity index (χ3v) is 6.43. The van der Waals surface area contributed by atoms with Crippen molar-refractivity contribution in [2.75, 3.05) is 0 Å². The zero-order valence-electron chi connectivity index (χ0n) is 20.9. The summed E-state index contributed by atoms with van der Waals surface area (Å²) in [5.74, 6) is -0.876. The van der Waals surface area contributed by atoms with Crippen molar-refractivity contribution in [2.45, 2.75) is 96.4 Å². The quantitative estimate of drug-likeness (QED) is 0.611. The maximum atomic E-state index is 13.6. The largest absolute Gasteiger partial charge is 0.371 e. The summed E-state index contributed by atoms with van der Waals surface area (Å²) in [5.41, 5.74) is 2.22. The number of carbonyl (C=O) groups is 1. The standard InChI is InChI=1S/C28H37NO5/c1-19(2)29-26(30)28(32-18-21-9-7-6-8-10-21)15-23(25-24(16-28)33-27(4,5)34-25)31-17-22-13-11-20(3)12-14-22/h6-14,19,23-25H,15-18H2,1-5H3,(H,29,30)/t23-,24-,25+,28-/m1/s1. The monoisotopic (exact) mass is 467 g/mol. The van der Waals surface area contributed by atoms with E-state index in [1.54, 1.807) is 0 Å². The lowest BCUT2D eigenvalue weighted by atomic mass is 9.78. The number of benzene rings is 2. The van der Waals surface area contributed by atoms with Gasteiger partial charge in [-0.25, -0.2) is 0 Å². The molecule has 6 heteroatoms. The number of nitrogens with one attached hydrogen (secondary N) is 1. The molecule has 1 aliphatic carbocycles. The van der Waals surface area contributed by atoms with E-state index in [0.29, 0.717) is 26.1 Å². The summed E-state index contributed by atoms with van der Waals surface area (Å²) in [5, 5.41) is 3.07. The molecule has 1 heterocycles. The molecule has 1 saturated carbocycles. The minimum atomic E-state index is -1.08.